The normalized spacial score (nSPS) is 21.2. The molecule has 1 aliphatic heterocycles. The number of ether oxygens (including phenoxy) is 1. The number of piperidine rings is 1. The lowest BCUT2D eigenvalue weighted by Crippen LogP contribution is -2.50. The summed E-state index contributed by atoms with van der Waals surface area (Å²) in [7, 11) is 0. The van der Waals surface area contributed by atoms with Crippen LogP contribution in [0, 0.1) is 11.8 Å². The number of nitrogens with zero attached hydrogens (tertiary/aromatic N) is 1. The van der Waals surface area contributed by atoms with Gasteiger partial charge in [-0.3, -0.25) is 14.4 Å². The summed E-state index contributed by atoms with van der Waals surface area (Å²) in [5.74, 6) is -1.02. The Kier molecular flexibility index (Phi) is 9.13. The molecule has 37 heavy (non-hydrogen) atoms. The molecule has 200 valence electrons. The molecule has 1 fully saturated rings. The summed E-state index contributed by atoms with van der Waals surface area (Å²) in [4.78, 5) is 39.5. The van der Waals surface area contributed by atoms with Crippen molar-refractivity contribution in [1.29, 1.82) is 0 Å². The maximum Gasteiger partial charge on any atom is 0.325 e. The number of primary amides is 1. The van der Waals surface area contributed by atoms with Crippen LogP contribution in [0.1, 0.15) is 62.5 Å². The number of nitrogens with two attached hydrogens (primary N) is 1. The molecule has 2 aromatic rings. The highest BCUT2D eigenvalue weighted by atomic mass is 16.6. The van der Waals surface area contributed by atoms with Crippen molar-refractivity contribution in [3.05, 3.63) is 71.3 Å². The van der Waals surface area contributed by atoms with Gasteiger partial charge in [-0.2, -0.15) is 0 Å². The monoisotopic (exact) mass is 507 g/mol. The van der Waals surface area contributed by atoms with Crippen molar-refractivity contribution < 1.29 is 19.1 Å². The van der Waals surface area contributed by atoms with E-state index in [0.717, 1.165) is 30.6 Å². The quantitative estimate of drug-likeness (QED) is 0.504. The van der Waals surface area contributed by atoms with E-state index in [1.165, 1.54) is 0 Å². The molecule has 7 nitrogen and oxygen atoms in total. The third-order valence-electron chi connectivity index (χ3n) is 7.37. The molecule has 3 N–H and O–H groups in total. The fourth-order valence-electron chi connectivity index (χ4n) is 5.07. The number of hydrogen-bond donors (Lipinski definition) is 2. The zero-order valence-electron chi connectivity index (χ0n) is 22.8. The number of hydrogen-bond acceptors (Lipinski definition) is 5. The molecule has 2 aromatic carbocycles. The van der Waals surface area contributed by atoms with E-state index in [1.807, 2.05) is 42.5 Å². The first kappa shape index (κ1) is 28.4. The van der Waals surface area contributed by atoms with Gasteiger partial charge in [0.25, 0.3) is 0 Å². The summed E-state index contributed by atoms with van der Waals surface area (Å²) in [5, 5.41) is 2.80. The number of esters is 1. The summed E-state index contributed by atoms with van der Waals surface area (Å²) in [6, 6.07) is 17.6. The summed E-state index contributed by atoms with van der Waals surface area (Å²) in [5.41, 5.74) is 7.54. The largest absolute Gasteiger partial charge is 0.459 e. The van der Waals surface area contributed by atoms with E-state index in [2.05, 4.69) is 30.1 Å². The third-order valence-corrected chi connectivity index (χ3v) is 7.37. The van der Waals surface area contributed by atoms with Crippen LogP contribution in [0.25, 0.3) is 0 Å². The Morgan fingerprint density at radius 3 is 2.46 bits per heavy atom. The average Bonchev–Trinajstić information content (AvgIpc) is 2.84. The second-order valence-electron chi connectivity index (χ2n) is 11.5. The summed E-state index contributed by atoms with van der Waals surface area (Å²) in [6.45, 7) is 12.0. The van der Waals surface area contributed by atoms with Crippen LogP contribution in [0.4, 0.5) is 0 Å². The molecule has 1 unspecified atom stereocenters. The zero-order chi connectivity index (χ0) is 27.2. The molecular weight excluding hydrogens is 466 g/mol. The van der Waals surface area contributed by atoms with Gasteiger partial charge in [0.15, 0.2) is 0 Å². The molecule has 0 aromatic heterocycles. The number of rotatable bonds is 9. The van der Waals surface area contributed by atoms with Crippen LogP contribution < -0.4 is 11.1 Å². The first-order chi connectivity index (χ1) is 17.4. The highest BCUT2D eigenvalue weighted by Gasteiger charge is 2.39. The number of nitrogens with one attached hydrogen (secondary N) is 1. The van der Waals surface area contributed by atoms with Gasteiger partial charge in [-0.05, 0) is 74.8 Å². The van der Waals surface area contributed by atoms with Crippen molar-refractivity contribution in [2.75, 3.05) is 26.2 Å². The molecule has 0 spiro atoms. The Balaban J connectivity index is 1.69. The maximum atomic E-state index is 13.2. The topological polar surface area (TPSA) is 102 Å². The van der Waals surface area contributed by atoms with Crippen LogP contribution in [0.3, 0.4) is 0 Å². The first-order valence-electron chi connectivity index (χ1n) is 13.0. The molecule has 0 radical (unpaired) electrons. The Morgan fingerprint density at radius 1 is 1.14 bits per heavy atom. The molecular formula is C30H41N3O4. The van der Waals surface area contributed by atoms with Crippen LogP contribution in [-0.4, -0.2) is 54.5 Å². The fraction of sp³-hybridized carbons (Fsp3) is 0.500. The summed E-state index contributed by atoms with van der Waals surface area (Å²) < 4.78 is 5.35. The van der Waals surface area contributed by atoms with Gasteiger partial charge in [0, 0.05) is 18.7 Å². The lowest BCUT2D eigenvalue weighted by molar-refractivity contribution is -0.154. The molecule has 0 aliphatic carbocycles. The second-order valence-corrected chi connectivity index (χ2v) is 11.5. The minimum absolute atomic E-state index is 0.101. The Morgan fingerprint density at radius 2 is 1.84 bits per heavy atom. The molecule has 0 bridgehead atoms. The van der Waals surface area contributed by atoms with Crippen molar-refractivity contribution in [2.45, 2.75) is 58.5 Å². The molecule has 3 rings (SSSR count). The minimum Gasteiger partial charge on any atom is -0.459 e. The van der Waals surface area contributed by atoms with E-state index in [0.29, 0.717) is 24.4 Å². The fourth-order valence-corrected chi connectivity index (χ4v) is 5.07. The number of amides is 2. The van der Waals surface area contributed by atoms with E-state index in [1.54, 1.807) is 26.8 Å². The minimum atomic E-state index is -0.598. The van der Waals surface area contributed by atoms with Gasteiger partial charge in [-0.1, -0.05) is 56.3 Å². The zero-order valence-corrected chi connectivity index (χ0v) is 22.8. The molecule has 7 heteroatoms. The van der Waals surface area contributed by atoms with Gasteiger partial charge >= 0.3 is 5.97 Å². The number of carbonyl (C=O) groups excluding carboxylic acids is 3. The standard InChI is InChI=1S/C30H41N3O4/c1-21-19-33(15-14-30(21,5)25-13-9-12-23(17-25)27(31)35)20-24(16-22-10-7-6-8-11-22)28(36)32-18-26(34)37-29(2,3)4/h6-13,17,21,24H,14-16,18-20H2,1-5H3,(H2,31,35)(H,32,36)/t21-,24?,30+/m0/s1. The van der Waals surface area contributed by atoms with Crippen LogP contribution >= 0.6 is 0 Å². The van der Waals surface area contributed by atoms with Gasteiger partial charge in [0.05, 0.1) is 5.92 Å². The smallest absolute Gasteiger partial charge is 0.325 e. The SMILES string of the molecule is C[C@H]1CN(CC(Cc2ccccc2)C(=O)NCC(=O)OC(C)(C)C)CC[C@@]1(C)c1cccc(C(N)=O)c1. The lowest BCUT2D eigenvalue weighted by Gasteiger charge is -2.46. The predicted octanol–water partition coefficient (Wildman–Crippen LogP) is 3.70. The molecule has 1 heterocycles. The van der Waals surface area contributed by atoms with Gasteiger partial charge in [-0.15, -0.1) is 0 Å². The van der Waals surface area contributed by atoms with E-state index in [4.69, 9.17) is 10.5 Å². The Bertz CT molecular complexity index is 1100. The van der Waals surface area contributed by atoms with Crippen LogP contribution in [0.15, 0.2) is 54.6 Å². The number of likely N-dealkylation sites (tertiary alicyclic amines) is 1. The lowest BCUT2D eigenvalue weighted by atomic mass is 9.67. The van der Waals surface area contributed by atoms with E-state index in [-0.39, 0.29) is 23.8 Å². The van der Waals surface area contributed by atoms with Crippen LogP contribution in [-0.2, 0) is 26.2 Å². The molecule has 0 saturated carbocycles. The van der Waals surface area contributed by atoms with Crippen molar-refractivity contribution in [3.63, 3.8) is 0 Å². The molecule has 3 atom stereocenters. The number of carbonyl (C=O) groups is 3. The Hall–Kier alpha value is -3.19. The van der Waals surface area contributed by atoms with E-state index < -0.39 is 17.5 Å². The average molecular weight is 508 g/mol. The van der Waals surface area contributed by atoms with Crippen molar-refractivity contribution in [3.8, 4) is 0 Å². The summed E-state index contributed by atoms with van der Waals surface area (Å²) >= 11 is 0. The van der Waals surface area contributed by atoms with Crippen molar-refractivity contribution in [2.24, 2.45) is 17.6 Å². The molecule has 1 saturated heterocycles. The molecule has 1 aliphatic rings. The van der Waals surface area contributed by atoms with Gasteiger partial charge in [0.1, 0.15) is 12.1 Å². The summed E-state index contributed by atoms with van der Waals surface area (Å²) in [6.07, 6.45) is 1.48. The van der Waals surface area contributed by atoms with Crippen molar-refractivity contribution >= 4 is 17.8 Å². The van der Waals surface area contributed by atoms with Gasteiger partial charge < -0.3 is 20.7 Å². The van der Waals surface area contributed by atoms with E-state index in [9.17, 15) is 14.4 Å². The van der Waals surface area contributed by atoms with Crippen LogP contribution in [0.5, 0.6) is 0 Å². The first-order valence-corrected chi connectivity index (χ1v) is 13.0. The molecule has 2 amide bonds. The Labute approximate surface area is 220 Å². The van der Waals surface area contributed by atoms with Crippen LogP contribution in [0.2, 0.25) is 0 Å². The van der Waals surface area contributed by atoms with Gasteiger partial charge in [-0.25, -0.2) is 0 Å². The maximum absolute atomic E-state index is 13.2. The predicted molar refractivity (Wildman–Crippen MR) is 145 cm³/mol. The van der Waals surface area contributed by atoms with Gasteiger partial charge in [0.2, 0.25) is 11.8 Å². The number of benzene rings is 2. The highest BCUT2D eigenvalue weighted by molar-refractivity contribution is 5.93. The highest BCUT2D eigenvalue weighted by Crippen LogP contribution is 2.39. The third kappa shape index (κ3) is 7.89. The van der Waals surface area contributed by atoms with Crippen molar-refractivity contribution in [1.82, 2.24) is 10.2 Å². The second kappa shape index (κ2) is 11.9. The van der Waals surface area contributed by atoms with E-state index >= 15 is 0 Å².